The maximum atomic E-state index is 12.9. The molecule has 0 aromatic carbocycles. The molecule has 1 atom stereocenters. The molecule has 1 aliphatic heterocycles. The minimum Gasteiger partial charge on any atom is -0.379 e. The molecule has 1 saturated heterocycles. The molecule has 0 bridgehead atoms. The predicted molar refractivity (Wildman–Crippen MR) is 117 cm³/mol. The molecule has 1 saturated carbocycles. The summed E-state index contributed by atoms with van der Waals surface area (Å²) in [4.78, 5) is 28.9. The molecule has 2 fully saturated rings. The van der Waals surface area contributed by atoms with E-state index in [0.29, 0.717) is 31.4 Å². The topological polar surface area (TPSA) is 85.2 Å². The minimum atomic E-state index is -0.140. The Hall–Kier alpha value is -2.84. The molecular weight excluding hydrogens is 392 g/mol. The monoisotopic (exact) mass is 420 g/mol. The number of ether oxygens (including phenoxy) is 1. The highest BCUT2D eigenvalue weighted by Gasteiger charge is 2.25. The molecule has 4 heterocycles. The quantitative estimate of drug-likeness (QED) is 0.660. The zero-order valence-corrected chi connectivity index (χ0v) is 17.6. The number of nitrogens with zero attached hydrogens (tertiary/aromatic N) is 5. The summed E-state index contributed by atoms with van der Waals surface area (Å²) >= 11 is 0. The van der Waals surface area contributed by atoms with Gasteiger partial charge in [0.25, 0.3) is 5.91 Å². The second-order valence-corrected chi connectivity index (χ2v) is 8.29. The minimum absolute atomic E-state index is 0.00677. The Bertz CT molecular complexity index is 1020. The Balaban J connectivity index is 1.30. The number of amides is 1. The van der Waals surface area contributed by atoms with Gasteiger partial charge in [0.2, 0.25) is 0 Å². The molecule has 2 aliphatic rings. The number of fused-ring (bicyclic) bond motifs is 1. The van der Waals surface area contributed by atoms with E-state index >= 15 is 0 Å². The van der Waals surface area contributed by atoms with Gasteiger partial charge in [-0.1, -0.05) is 18.9 Å². The summed E-state index contributed by atoms with van der Waals surface area (Å²) < 4.78 is 7.66. The molecule has 3 aromatic rings. The largest absolute Gasteiger partial charge is 0.379 e. The molecule has 162 valence electrons. The summed E-state index contributed by atoms with van der Waals surface area (Å²) in [5.41, 5.74) is 3.12. The summed E-state index contributed by atoms with van der Waals surface area (Å²) in [5.74, 6) is -0.140. The Kier molecular flexibility index (Phi) is 5.90. The first-order valence-corrected chi connectivity index (χ1v) is 11.1. The Morgan fingerprint density at radius 3 is 2.77 bits per heavy atom. The van der Waals surface area contributed by atoms with Crippen molar-refractivity contribution < 1.29 is 9.53 Å². The van der Waals surface area contributed by atoms with Gasteiger partial charge >= 0.3 is 0 Å². The van der Waals surface area contributed by atoms with E-state index in [1.54, 1.807) is 12.4 Å². The first kappa shape index (κ1) is 20.1. The van der Waals surface area contributed by atoms with Gasteiger partial charge < -0.3 is 14.6 Å². The van der Waals surface area contributed by atoms with Gasteiger partial charge in [-0.05, 0) is 31.0 Å². The standard InChI is InChI=1S/C23H28N6O2/c30-23(17-13-20-22(25-14-17)29(16-27-20)18-5-1-2-6-18)26-15-21(19-7-3-4-8-24-19)28-9-11-31-12-10-28/h3-4,7-8,13-14,16,18,21H,1-2,5-6,9-12,15H2,(H,26,30). The van der Waals surface area contributed by atoms with E-state index in [1.165, 1.54) is 25.7 Å². The van der Waals surface area contributed by atoms with Gasteiger partial charge in [0.1, 0.15) is 5.52 Å². The van der Waals surface area contributed by atoms with Crippen LogP contribution in [0.15, 0.2) is 43.0 Å². The summed E-state index contributed by atoms with van der Waals surface area (Å²) in [6.45, 7) is 3.51. The summed E-state index contributed by atoms with van der Waals surface area (Å²) in [6, 6.07) is 8.22. The van der Waals surface area contributed by atoms with Crippen LogP contribution < -0.4 is 5.32 Å². The van der Waals surface area contributed by atoms with E-state index in [4.69, 9.17) is 4.74 Å². The number of carbonyl (C=O) groups excluding carboxylic acids is 1. The van der Waals surface area contributed by atoms with E-state index in [9.17, 15) is 4.79 Å². The molecule has 1 N–H and O–H groups in total. The van der Waals surface area contributed by atoms with Gasteiger partial charge in [-0.15, -0.1) is 0 Å². The number of morpholine rings is 1. The van der Waals surface area contributed by atoms with Gasteiger partial charge in [0.15, 0.2) is 5.65 Å². The number of nitrogens with one attached hydrogen (secondary N) is 1. The Morgan fingerprint density at radius 2 is 2.00 bits per heavy atom. The van der Waals surface area contributed by atoms with E-state index in [-0.39, 0.29) is 11.9 Å². The zero-order valence-electron chi connectivity index (χ0n) is 17.6. The van der Waals surface area contributed by atoms with Gasteiger partial charge in [0.05, 0.1) is 36.8 Å². The molecule has 8 heteroatoms. The average molecular weight is 421 g/mol. The van der Waals surface area contributed by atoms with E-state index in [1.807, 2.05) is 30.6 Å². The molecule has 8 nitrogen and oxygen atoms in total. The van der Waals surface area contributed by atoms with E-state index < -0.39 is 0 Å². The van der Waals surface area contributed by atoms with Crippen LogP contribution in [0.2, 0.25) is 0 Å². The number of pyridine rings is 2. The lowest BCUT2D eigenvalue weighted by Gasteiger charge is -2.34. The third-order valence-corrected chi connectivity index (χ3v) is 6.36. The number of hydrogen-bond acceptors (Lipinski definition) is 6. The highest BCUT2D eigenvalue weighted by molar-refractivity contribution is 5.96. The van der Waals surface area contributed by atoms with Crippen molar-refractivity contribution in [3.8, 4) is 0 Å². The first-order valence-electron chi connectivity index (χ1n) is 11.1. The lowest BCUT2D eigenvalue weighted by Crippen LogP contribution is -2.44. The first-order chi connectivity index (χ1) is 15.3. The molecule has 5 rings (SSSR count). The molecule has 0 spiro atoms. The SMILES string of the molecule is O=C(NCC(c1ccccn1)N1CCOCC1)c1cnc2c(c1)ncn2C1CCCC1. The molecule has 1 unspecified atom stereocenters. The van der Waals surface area contributed by atoms with Crippen molar-refractivity contribution in [2.45, 2.75) is 37.8 Å². The van der Waals surface area contributed by atoms with Gasteiger partial charge in [-0.2, -0.15) is 0 Å². The highest BCUT2D eigenvalue weighted by atomic mass is 16.5. The summed E-state index contributed by atoms with van der Waals surface area (Å²) in [5, 5.41) is 3.09. The van der Waals surface area contributed by atoms with Crippen LogP contribution >= 0.6 is 0 Å². The molecular formula is C23H28N6O2. The van der Waals surface area contributed by atoms with Gasteiger partial charge in [-0.25, -0.2) is 9.97 Å². The summed E-state index contributed by atoms with van der Waals surface area (Å²) in [7, 11) is 0. The van der Waals surface area contributed by atoms with Crippen LogP contribution in [0.4, 0.5) is 0 Å². The Morgan fingerprint density at radius 1 is 1.16 bits per heavy atom. The number of carbonyl (C=O) groups is 1. The van der Waals surface area contributed by atoms with Crippen molar-refractivity contribution >= 4 is 17.1 Å². The maximum absolute atomic E-state index is 12.9. The van der Waals surface area contributed by atoms with Crippen molar-refractivity contribution in [1.29, 1.82) is 0 Å². The fourth-order valence-corrected chi connectivity index (χ4v) is 4.67. The number of rotatable bonds is 6. The van der Waals surface area contributed by atoms with Crippen molar-refractivity contribution in [3.05, 3.63) is 54.2 Å². The number of imidazole rings is 1. The molecule has 0 radical (unpaired) electrons. The smallest absolute Gasteiger partial charge is 0.252 e. The lowest BCUT2D eigenvalue weighted by atomic mass is 10.1. The highest BCUT2D eigenvalue weighted by Crippen LogP contribution is 2.31. The van der Waals surface area contributed by atoms with Crippen molar-refractivity contribution in [2.24, 2.45) is 0 Å². The van der Waals surface area contributed by atoms with E-state index in [0.717, 1.165) is 29.9 Å². The van der Waals surface area contributed by atoms with Crippen LogP contribution in [0, 0.1) is 0 Å². The van der Waals surface area contributed by atoms with Crippen LogP contribution in [0.25, 0.3) is 11.2 Å². The summed E-state index contributed by atoms with van der Waals surface area (Å²) in [6.07, 6.45) is 10.2. The fourth-order valence-electron chi connectivity index (χ4n) is 4.67. The number of aromatic nitrogens is 4. The van der Waals surface area contributed by atoms with Crippen molar-refractivity contribution in [2.75, 3.05) is 32.8 Å². The normalized spacial score (nSPS) is 19.0. The molecule has 1 aliphatic carbocycles. The average Bonchev–Trinajstić information content (AvgIpc) is 3.50. The third kappa shape index (κ3) is 4.31. The molecule has 31 heavy (non-hydrogen) atoms. The predicted octanol–water partition coefficient (Wildman–Crippen LogP) is 2.74. The van der Waals surface area contributed by atoms with Gasteiger partial charge in [0, 0.05) is 38.1 Å². The third-order valence-electron chi connectivity index (χ3n) is 6.36. The van der Waals surface area contributed by atoms with Crippen molar-refractivity contribution in [3.63, 3.8) is 0 Å². The van der Waals surface area contributed by atoms with Gasteiger partial charge in [-0.3, -0.25) is 14.7 Å². The maximum Gasteiger partial charge on any atom is 0.252 e. The molecule has 1 amide bonds. The van der Waals surface area contributed by atoms with Crippen LogP contribution in [-0.2, 0) is 4.74 Å². The van der Waals surface area contributed by atoms with Crippen LogP contribution in [0.1, 0.15) is 53.8 Å². The van der Waals surface area contributed by atoms with Crippen LogP contribution in [0.5, 0.6) is 0 Å². The number of hydrogen-bond donors (Lipinski definition) is 1. The van der Waals surface area contributed by atoms with Crippen LogP contribution in [0.3, 0.4) is 0 Å². The lowest BCUT2D eigenvalue weighted by molar-refractivity contribution is 0.0154. The van der Waals surface area contributed by atoms with E-state index in [2.05, 4.69) is 29.7 Å². The fraction of sp³-hybridized carbons (Fsp3) is 0.478. The Labute approximate surface area is 181 Å². The van der Waals surface area contributed by atoms with Crippen molar-refractivity contribution in [1.82, 2.24) is 29.7 Å². The zero-order chi connectivity index (χ0) is 21.0. The second-order valence-electron chi connectivity index (χ2n) is 8.29. The molecule has 3 aromatic heterocycles. The van der Waals surface area contributed by atoms with Crippen LogP contribution in [-0.4, -0.2) is 63.2 Å². The second kappa shape index (κ2) is 9.11.